The van der Waals surface area contributed by atoms with Gasteiger partial charge in [-0.2, -0.15) is 0 Å². The summed E-state index contributed by atoms with van der Waals surface area (Å²) in [5.74, 6) is 1.59. The second-order valence-corrected chi connectivity index (χ2v) is 8.67. The highest BCUT2D eigenvalue weighted by Crippen LogP contribution is 2.41. The van der Waals surface area contributed by atoms with Crippen LogP contribution in [0.2, 0.25) is 0 Å². The van der Waals surface area contributed by atoms with Gasteiger partial charge in [-0.05, 0) is 61.4 Å². The minimum atomic E-state index is -0.434. The molecule has 1 aliphatic carbocycles. The van der Waals surface area contributed by atoms with Crippen LogP contribution in [0.3, 0.4) is 0 Å². The predicted molar refractivity (Wildman–Crippen MR) is 123 cm³/mol. The summed E-state index contributed by atoms with van der Waals surface area (Å²) < 4.78 is 10.6. The van der Waals surface area contributed by atoms with Crippen molar-refractivity contribution in [3.8, 4) is 11.5 Å². The Morgan fingerprint density at radius 2 is 1.75 bits per heavy atom. The van der Waals surface area contributed by atoms with Gasteiger partial charge in [-0.3, -0.25) is 9.59 Å². The Kier molecular flexibility index (Phi) is 6.98. The third kappa shape index (κ3) is 4.59. The number of amides is 2. The molecule has 6 nitrogen and oxygen atoms in total. The van der Waals surface area contributed by atoms with Crippen molar-refractivity contribution in [2.75, 3.05) is 20.8 Å². The van der Waals surface area contributed by atoms with Crippen LogP contribution in [0.4, 0.5) is 0 Å². The van der Waals surface area contributed by atoms with Crippen LogP contribution >= 0.6 is 0 Å². The quantitative estimate of drug-likeness (QED) is 0.716. The maximum Gasteiger partial charge on any atom is 0.258 e. The molecule has 0 spiro atoms. The van der Waals surface area contributed by atoms with Gasteiger partial charge in [0.15, 0.2) is 0 Å². The van der Waals surface area contributed by atoms with E-state index in [0.29, 0.717) is 23.8 Å². The zero-order valence-electron chi connectivity index (χ0n) is 18.9. The summed E-state index contributed by atoms with van der Waals surface area (Å²) in [7, 11) is 3.22. The van der Waals surface area contributed by atoms with E-state index in [4.69, 9.17) is 9.47 Å². The number of hydrogen-bond donors (Lipinski definition) is 1. The van der Waals surface area contributed by atoms with Crippen LogP contribution in [0.5, 0.6) is 11.5 Å². The van der Waals surface area contributed by atoms with Crippen molar-refractivity contribution < 1.29 is 19.1 Å². The van der Waals surface area contributed by atoms with Crippen LogP contribution in [-0.2, 0) is 11.2 Å². The van der Waals surface area contributed by atoms with Gasteiger partial charge in [-0.15, -0.1) is 0 Å². The van der Waals surface area contributed by atoms with Gasteiger partial charge in [0.05, 0.1) is 19.8 Å². The minimum Gasteiger partial charge on any atom is -0.497 e. The molecule has 1 saturated carbocycles. The van der Waals surface area contributed by atoms with Crippen molar-refractivity contribution in [2.24, 2.45) is 5.92 Å². The van der Waals surface area contributed by atoms with E-state index in [-0.39, 0.29) is 17.9 Å². The molecule has 2 aromatic rings. The Labute approximate surface area is 189 Å². The van der Waals surface area contributed by atoms with Crippen LogP contribution in [0.1, 0.15) is 48.0 Å². The highest BCUT2D eigenvalue weighted by Gasteiger charge is 2.47. The van der Waals surface area contributed by atoms with Gasteiger partial charge >= 0.3 is 0 Å². The zero-order valence-corrected chi connectivity index (χ0v) is 18.9. The Morgan fingerprint density at radius 1 is 1.00 bits per heavy atom. The second-order valence-electron chi connectivity index (χ2n) is 8.67. The molecule has 0 unspecified atom stereocenters. The van der Waals surface area contributed by atoms with E-state index >= 15 is 0 Å². The van der Waals surface area contributed by atoms with Crippen molar-refractivity contribution in [2.45, 2.75) is 50.6 Å². The second kappa shape index (κ2) is 10.1. The van der Waals surface area contributed by atoms with E-state index in [1.54, 1.807) is 26.4 Å². The van der Waals surface area contributed by atoms with E-state index in [1.807, 2.05) is 41.3 Å². The number of para-hydroxylation sites is 1. The maximum absolute atomic E-state index is 13.6. The lowest BCUT2D eigenvalue weighted by Crippen LogP contribution is -2.50. The Morgan fingerprint density at radius 3 is 2.50 bits per heavy atom. The monoisotopic (exact) mass is 436 g/mol. The molecule has 1 N–H and O–H groups in total. The zero-order chi connectivity index (χ0) is 22.5. The Balaban J connectivity index is 1.47. The highest BCUT2D eigenvalue weighted by atomic mass is 16.5. The summed E-state index contributed by atoms with van der Waals surface area (Å²) >= 11 is 0. The molecule has 4 rings (SSSR count). The third-order valence-corrected chi connectivity index (χ3v) is 6.83. The first kappa shape index (κ1) is 22.2. The van der Waals surface area contributed by atoms with E-state index in [0.717, 1.165) is 43.4 Å². The molecule has 2 fully saturated rings. The summed E-state index contributed by atoms with van der Waals surface area (Å²) in [6, 6.07) is 14.8. The first-order valence-electron chi connectivity index (χ1n) is 11.5. The molecule has 0 aromatic heterocycles. The van der Waals surface area contributed by atoms with Crippen LogP contribution in [-0.4, -0.2) is 49.6 Å². The molecule has 0 radical (unpaired) electrons. The molecule has 1 aliphatic heterocycles. The molecule has 1 saturated heterocycles. The lowest BCUT2D eigenvalue weighted by molar-refractivity contribution is -0.125. The number of fused-ring (bicyclic) bond motifs is 1. The molecule has 0 bridgehead atoms. The van der Waals surface area contributed by atoms with Gasteiger partial charge in [-0.1, -0.05) is 37.1 Å². The van der Waals surface area contributed by atoms with Gasteiger partial charge in [0.2, 0.25) is 5.91 Å². The van der Waals surface area contributed by atoms with Gasteiger partial charge in [0, 0.05) is 12.6 Å². The SMILES string of the molecule is COc1ccc(CCNC(=O)[C@@H]2C[C@H]3CCCC[C@H]3N2C(=O)c2ccccc2OC)cc1. The molecular formula is C26H32N2O4. The lowest BCUT2D eigenvalue weighted by Gasteiger charge is -2.34. The third-order valence-electron chi connectivity index (χ3n) is 6.83. The van der Waals surface area contributed by atoms with Gasteiger partial charge in [0.25, 0.3) is 5.91 Å². The number of carbonyl (C=O) groups is 2. The summed E-state index contributed by atoms with van der Waals surface area (Å²) in [4.78, 5) is 28.7. The molecule has 32 heavy (non-hydrogen) atoms. The number of likely N-dealkylation sites (tertiary alicyclic amines) is 1. The topological polar surface area (TPSA) is 67.9 Å². The van der Waals surface area contributed by atoms with E-state index in [1.165, 1.54) is 6.42 Å². The Bertz CT molecular complexity index is 943. The molecule has 2 aliphatic rings. The fraction of sp³-hybridized carbons (Fsp3) is 0.462. The van der Waals surface area contributed by atoms with Crippen molar-refractivity contribution >= 4 is 11.8 Å². The van der Waals surface area contributed by atoms with Crippen molar-refractivity contribution in [1.29, 1.82) is 0 Å². The number of nitrogens with zero attached hydrogens (tertiary/aromatic N) is 1. The van der Waals surface area contributed by atoms with Crippen LogP contribution in [0.15, 0.2) is 48.5 Å². The molecule has 2 aromatic carbocycles. The van der Waals surface area contributed by atoms with Crippen molar-refractivity contribution in [3.05, 3.63) is 59.7 Å². The fourth-order valence-corrected chi connectivity index (χ4v) is 5.19. The molecule has 3 atom stereocenters. The smallest absolute Gasteiger partial charge is 0.258 e. The molecule has 1 heterocycles. The number of carbonyl (C=O) groups excluding carboxylic acids is 2. The number of ether oxygens (including phenoxy) is 2. The fourth-order valence-electron chi connectivity index (χ4n) is 5.19. The predicted octanol–water partition coefficient (Wildman–Crippen LogP) is 3.84. The number of hydrogen-bond acceptors (Lipinski definition) is 4. The van der Waals surface area contributed by atoms with Crippen molar-refractivity contribution in [1.82, 2.24) is 10.2 Å². The number of nitrogens with one attached hydrogen (secondary N) is 1. The first-order valence-corrected chi connectivity index (χ1v) is 11.5. The lowest BCUT2D eigenvalue weighted by atomic mass is 9.84. The molecule has 2 amide bonds. The number of methoxy groups -OCH3 is 2. The summed E-state index contributed by atoms with van der Waals surface area (Å²) in [5, 5.41) is 3.08. The van der Waals surface area contributed by atoms with Crippen LogP contribution in [0, 0.1) is 5.92 Å². The summed E-state index contributed by atoms with van der Waals surface area (Å²) in [6.07, 6.45) is 5.78. The van der Waals surface area contributed by atoms with Crippen molar-refractivity contribution in [3.63, 3.8) is 0 Å². The molecule has 6 heteroatoms. The maximum atomic E-state index is 13.6. The molecule has 170 valence electrons. The summed E-state index contributed by atoms with van der Waals surface area (Å²) in [5.41, 5.74) is 1.66. The average Bonchev–Trinajstić information content (AvgIpc) is 3.23. The largest absolute Gasteiger partial charge is 0.497 e. The Hall–Kier alpha value is -3.02. The first-order chi connectivity index (χ1) is 15.6. The normalized spacial score (nSPS) is 22.2. The molecular weight excluding hydrogens is 404 g/mol. The standard InChI is InChI=1S/C26H32N2O4/c1-31-20-13-11-18(12-14-20)15-16-27-25(29)23-17-19-7-3-5-9-22(19)28(23)26(30)21-8-4-6-10-24(21)32-2/h4,6,8,10-14,19,22-23H,3,5,7,9,15-17H2,1-2H3,(H,27,29)/t19-,22-,23+/m1/s1. The van der Waals surface area contributed by atoms with Crippen LogP contribution in [0.25, 0.3) is 0 Å². The number of benzene rings is 2. The van der Waals surface area contributed by atoms with Crippen LogP contribution < -0.4 is 14.8 Å². The van der Waals surface area contributed by atoms with E-state index in [2.05, 4.69) is 5.32 Å². The van der Waals surface area contributed by atoms with E-state index < -0.39 is 6.04 Å². The minimum absolute atomic E-state index is 0.0591. The van der Waals surface area contributed by atoms with Gasteiger partial charge in [0.1, 0.15) is 17.5 Å². The van der Waals surface area contributed by atoms with E-state index in [9.17, 15) is 9.59 Å². The van der Waals surface area contributed by atoms with Gasteiger partial charge in [-0.25, -0.2) is 0 Å². The highest BCUT2D eigenvalue weighted by molar-refractivity contribution is 6.00. The number of rotatable bonds is 7. The summed E-state index contributed by atoms with van der Waals surface area (Å²) in [6.45, 7) is 0.535. The van der Waals surface area contributed by atoms with Gasteiger partial charge < -0.3 is 19.7 Å². The average molecular weight is 437 g/mol.